The first-order valence-electron chi connectivity index (χ1n) is 8.11. The summed E-state index contributed by atoms with van der Waals surface area (Å²) in [7, 11) is 0. The van der Waals surface area contributed by atoms with Crippen LogP contribution in [-0.2, 0) is 6.54 Å². The fourth-order valence-corrected chi connectivity index (χ4v) is 3.43. The molecule has 0 atom stereocenters. The molecule has 0 radical (unpaired) electrons. The molecule has 0 aliphatic heterocycles. The summed E-state index contributed by atoms with van der Waals surface area (Å²) < 4.78 is 15.9. The average molecular weight is 316 g/mol. The van der Waals surface area contributed by atoms with Crippen LogP contribution in [0.5, 0.6) is 0 Å². The van der Waals surface area contributed by atoms with E-state index in [9.17, 15) is 9.18 Å². The SMILES string of the molecule is Cc1cc(-c2cnn(CC3CCCCC3)c2)cc(F)c1C(=O)O. The van der Waals surface area contributed by atoms with Gasteiger partial charge in [0.15, 0.2) is 0 Å². The smallest absolute Gasteiger partial charge is 0.338 e. The van der Waals surface area contributed by atoms with Gasteiger partial charge in [-0.2, -0.15) is 5.10 Å². The Hall–Kier alpha value is -2.17. The Bertz CT molecular complexity index is 695. The second-order valence-electron chi connectivity index (χ2n) is 6.41. The highest BCUT2D eigenvalue weighted by molar-refractivity contribution is 5.90. The van der Waals surface area contributed by atoms with Crippen molar-refractivity contribution in [3.63, 3.8) is 0 Å². The minimum absolute atomic E-state index is 0.261. The number of hydrogen-bond acceptors (Lipinski definition) is 2. The summed E-state index contributed by atoms with van der Waals surface area (Å²) in [6.07, 6.45) is 10.0. The van der Waals surface area contributed by atoms with Gasteiger partial charge in [-0.05, 0) is 42.9 Å². The number of hydrogen-bond donors (Lipinski definition) is 1. The molecule has 0 saturated heterocycles. The van der Waals surface area contributed by atoms with E-state index < -0.39 is 11.8 Å². The Kier molecular flexibility index (Phi) is 4.46. The average Bonchev–Trinajstić information content (AvgIpc) is 2.95. The third-order valence-corrected chi connectivity index (χ3v) is 4.64. The molecule has 122 valence electrons. The zero-order valence-electron chi connectivity index (χ0n) is 13.3. The topological polar surface area (TPSA) is 55.1 Å². The lowest BCUT2D eigenvalue weighted by atomic mass is 9.89. The van der Waals surface area contributed by atoms with Crippen LogP contribution in [0.25, 0.3) is 11.1 Å². The van der Waals surface area contributed by atoms with E-state index in [4.69, 9.17) is 5.11 Å². The standard InChI is InChI=1S/C18H21FN2O2/c1-12-7-14(8-16(19)17(12)18(22)23)15-9-20-21(11-15)10-13-5-3-2-4-6-13/h7-9,11,13H,2-6,10H2,1H3,(H,22,23). The molecule has 1 N–H and O–H groups in total. The van der Waals surface area contributed by atoms with Crippen LogP contribution in [0.3, 0.4) is 0 Å². The Labute approximate surface area is 134 Å². The first-order chi connectivity index (χ1) is 11.0. The first-order valence-corrected chi connectivity index (χ1v) is 8.11. The van der Waals surface area contributed by atoms with Crippen LogP contribution in [-0.4, -0.2) is 20.9 Å². The van der Waals surface area contributed by atoms with Gasteiger partial charge in [0.25, 0.3) is 0 Å². The van der Waals surface area contributed by atoms with Crippen LogP contribution in [0, 0.1) is 18.7 Å². The summed E-state index contributed by atoms with van der Waals surface area (Å²) >= 11 is 0. The van der Waals surface area contributed by atoms with E-state index in [0.29, 0.717) is 17.0 Å². The first kappa shape index (κ1) is 15.7. The lowest BCUT2D eigenvalue weighted by molar-refractivity contribution is 0.0691. The van der Waals surface area contributed by atoms with Gasteiger partial charge in [0, 0.05) is 18.3 Å². The third kappa shape index (κ3) is 3.44. The maximum absolute atomic E-state index is 14.0. The van der Waals surface area contributed by atoms with E-state index >= 15 is 0 Å². The number of carboxylic acid groups (broad SMARTS) is 1. The molecule has 1 heterocycles. The van der Waals surface area contributed by atoms with Gasteiger partial charge >= 0.3 is 5.97 Å². The molecule has 3 rings (SSSR count). The van der Waals surface area contributed by atoms with Crippen molar-refractivity contribution in [3.05, 3.63) is 41.5 Å². The molecule has 23 heavy (non-hydrogen) atoms. The van der Waals surface area contributed by atoms with Gasteiger partial charge in [-0.25, -0.2) is 9.18 Å². The van der Waals surface area contributed by atoms with Crippen molar-refractivity contribution in [1.29, 1.82) is 0 Å². The predicted molar refractivity (Wildman–Crippen MR) is 85.9 cm³/mol. The molecule has 4 nitrogen and oxygen atoms in total. The normalized spacial score (nSPS) is 15.7. The summed E-state index contributed by atoms with van der Waals surface area (Å²) in [5, 5.41) is 13.4. The number of aromatic nitrogens is 2. The summed E-state index contributed by atoms with van der Waals surface area (Å²) in [6, 6.07) is 2.98. The van der Waals surface area contributed by atoms with Crippen molar-refractivity contribution in [3.8, 4) is 11.1 Å². The Balaban J connectivity index is 1.81. The van der Waals surface area contributed by atoms with E-state index in [1.807, 2.05) is 10.9 Å². The highest BCUT2D eigenvalue weighted by Crippen LogP contribution is 2.27. The molecular weight excluding hydrogens is 295 g/mol. The molecule has 1 aliphatic carbocycles. The maximum Gasteiger partial charge on any atom is 0.338 e. The van der Waals surface area contributed by atoms with Gasteiger partial charge in [0.05, 0.1) is 11.8 Å². The summed E-state index contributed by atoms with van der Waals surface area (Å²) in [4.78, 5) is 11.1. The molecule has 1 aliphatic rings. The van der Waals surface area contributed by atoms with Crippen molar-refractivity contribution in [1.82, 2.24) is 9.78 Å². The molecule has 1 aromatic carbocycles. The minimum atomic E-state index is -1.24. The van der Waals surface area contributed by atoms with Gasteiger partial charge in [-0.15, -0.1) is 0 Å². The predicted octanol–water partition coefficient (Wildman–Crippen LogP) is 4.28. The second kappa shape index (κ2) is 6.52. The highest BCUT2D eigenvalue weighted by Gasteiger charge is 2.17. The van der Waals surface area contributed by atoms with Gasteiger partial charge in [0.1, 0.15) is 5.82 Å². The largest absolute Gasteiger partial charge is 0.478 e. The lowest BCUT2D eigenvalue weighted by Crippen LogP contribution is -2.14. The Morgan fingerprint density at radius 1 is 1.30 bits per heavy atom. The van der Waals surface area contributed by atoms with Crippen LogP contribution in [0.2, 0.25) is 0 Å². The quantitative estimate of drug-likeness (QED) is 0.916. The number of aryl methyl sites for hydroxylation is 1. The zero-order valence-corrected chi connectivity index (χ0v) is 13.3. The maximum atomic E-state index is 14.0. The minimum Gasteiger partial charge on any atom is -0.478 e. The molecule has 0 unspecified atom stereocenters. The number of benzene rings is 1. The van der Waals surface area contributed by atoms with E-state index in [-0.39, 0.29) is 5.56 Å². The second-order valence-corrected chi connectivity index (χ2v) is 6.41. The van der Waals surface area contributed by atoms with Crippen molar-refractivity contribution in [2.45, 2.75) is 45.6 Å². The van der Waals surface area contributed by atoms with E-state index in [2.05, 4.69) is 5.10 Å². The number of nitrogens with zero attached hydrogens (tertiary/aromatic N) is 2. The molecule has 5 heteroatoms. The van der Waals surface area contributed by atoms with Gasteiger partial charge in [-0.1, -0.05) is 25.3 Å². The number of rotatable bonds is 4. The van der Waals surface area contributed by atoms with Crippen LogP contribution in [0.4, 0.5) is 4.39 Å². The molecule has 1 aromatic heterocycles. The van der Waals surface area contributed by atoms with Crippen molar-refractivity contribution in [2.75, 3.05) is 0 Å². The lowest BCUT2D eigenvalue weighted by Gasteiger charge is -2.21. The van der Waals surface area contributed by atoms with Crippen LogP contribution in [0.1, 0.15) is 48.0 Å². The van der Waals surface area contributed by atoms with Crippen molar-refractivity contribution in [2.24, 2.45) is 5.92 Å². The molecular formula is C18H21FN2O2. The number of halogens is 1. The summed E-state index contributed by atoms with van der Waals surface area (Å²) in [6.45, 7) is 2.51. The highest BCUT2D eigenvalue weighted by atomic mass is 19.1. The number of carbonyl (C=O) groups is 1. The molecule has 0 amide bonds. The summed E-state index contributed by atoms with van der Waals surface area (Å²) in [5.41, 5.74) is 1.65. The fourth-order valence-electron chi connectivity index (χ4n) is 3.43. The molecule has 1 fully saturated rings. The molecule has 1 saturated carbocycles. The Morgan fingerprint density at radius 3 is 2.70 bits per heavy atom. The van der Waals surface area contributed by atoms with Crippen LogP contribution >= 0.6 is 0 Å². The van der Waals surface area contributed by atoms with E-state index in [0.717, 1.165) is 12.1 Å². The number of aromatic carboxylic acids is 1. The monoisotopic (exact) mass is 316 g/mol. The number of carboxylic acids is 1. The van der Waals surface area contributed by atoms with Crippen molar-refractivity contribution >= 4 is 5.97 Å². The summed E-state index contributed by atoms with van der Waals surface area (Å²) in [5.74, 6) is -1.27. The van der Waals surface area contributed by atoms with Crippen LogP contribution < -0.4 is 0 Å². The fraction of sp³-hybridized carbons (Fsp3) is 0.444. The van der Waals surface area contributed by atoms with E-state index in [1.165, 1.54) is 38.2 Å². The van der Waals surface area contributed by atoms with E-state index in [1.54, 1.807) is 19.2 Å². The van der Waals surface area contributed by atoms with Gasteiger partial charge < -0.3 is 5.11 Å². The molecule has 2 aromatic rings. The van der Waals surface area contributed by atoms with Crippen molar-refractivity contribution < 1.29 is 14.3 Å². The zero-order chi connectivity index (χ0) is 16.4. The Morgan fingerprint density at radius 2 is 2.04 bits per heavy atom. The van der Waals surface area contributed by atoms with Gasteiger partial charge in [-0.3, -0.25) is 4.68 Å². The van der Waals surface area contributed by atoms with Crippen LogP contribution in [0.15, 0.2) is 24.5 Å². The third-order valence-electron chi connectivity index (χ3n) is 4.64. The molecule has 0 bridgehead atoms. The molecule has 0 spiro atoms. The van der Waals surface area contributed by atoms with Gasteiger partial charge in [0.2, 0.25) is 0 Å².